The molecule has 0 saturated heterocycles. The van der Waals surface area contributed by atoms with E-state index in [2.05, 4.69) is 71.6 Å². The van der Waals surface area contributed by atoms with Gasteiger partial charge in [-0.15, -0.1) is 5.92 Å². The van der Waals surface area contributed by atoms with E-state index in [1.807, 2.05) is 6.92 Å². The van der Waals surface area contributed by atoms with Crippen LogP contribution in [0.3, 0.4) is 0 Å². The molecular formula is C17H24. The predicted molar refractivity (Wildman–Crippen MR) is 76.4 cm³/mol. The first-order valence-corrected chi connectivity index (χ1v) is 6.24. The third kappa shape index (κ3) is 3.37. The molecule has 92 valence electrons. The minimum atomic E-state index is 0.139. The van der Waals surface area contributed by atoms with Gasteiger partial charge < -0.3 is 0 Å². The van der Waals surface area contributed by atoms with Crippen molar-refractivity contribution in [1.29, 1.82) is 0 Å². The zero-order valence-electron chi connectivity index (χ0n) is 12.2. The summed E-state index contributed by atoms with van der Waals surface area (Å²) >= 11 is 0. The van der Waals surface area contributed by atoms with E-state index in [4.69, 9.17) is 0 Å². The van der Waals surface area contributed by atoms with Gasteiger partial charge in [0, 0.05) is 5.56 Å². The molecule has 0 amide bonds. The summed E-state index contributed by atoms with van der Waals surface area (Å²) in [6, 6.07) is 6.69. The van der Waals surface area contributed by atoms with Gasteiger partial charge in [-0.2, -0.15) is 0 Å². The number of rotatable bonds is 0. The molecule has 0 saturated carbocycles. The van der Waals surface area contributed by atoms with Gasteiger partial charge in [0.2, 0.25) is 0 Å². The third-order valence-electron chi connectivity index (χ3n) is 2.95. The molecular weight excluding hydrogens is 204 g/mol. The lowest BCUT2D eigenvalue weighted by Gasteiger charge is -2.26. The Morgan fingerprint density at radius 1 is 0.882 bits per heavy atom. The molecule has 0 heterocycles. The average molecular weight is 228 g/mol. The van der Waals surface area contributed by atoms with E-state index in [-0.39, 0.29) is 10.8 Å². The molecule has 0 N–H and O–H groups in total. The normalized spacial score (nSPS) is 11.9. The van der Waals surface area contributed by atoms with E-state index in [1.165, 1.54) is 11.1 Å². The number of benzene rings is 1. The highest BCUT2D eigenvalue weighted by molar-refractivity contribution is 5.47. The van der Waals surface area contributed by atoms with Gasteiger partial charge in [0.15, 0.2) is 0 Å². The van der Waals surface area contributed by atoms with E-state index in [0.29, 0.717) is 0 Å². The molecule has 17 heavy (non-hydrogen) atoms. The van der Waals surface area contributed by atoms with Crippen LogP contribution in [0.15, 0.2) is 18.2 Å². The summed E-state index contributed by atoms with van der Waals surface area (Å²) in [7, 11) is 0. The van der Waals surface area contributed by atoms with Crippen LogP contribution in [0.2, 0.25) is 0 Å². The van der Waals surface area contributed by atoms with Crippen molar-refractivity contribution in [3.63, 3.8) is 0 Å². The predicted octanol–water partition coefficient (Wildman–Crippen LogP) is 4.65. The molecule has 0 radical (unpaired) electrons. The summed E-state index contributed by atoms with van der Waals surface area (Å²) in [5.41, 5.74) is 4.22. The third-order valence-corrected chi connectivity index (χ3v) is 2.95. The van der Waals surface area contributed by atoms with Crippen molar-refractivity contribution >= 4 is 0 Å². The summed E-state index contributed by atoms with van der Waals surface area (Å²) in [5, 5.41) is 0. The van der Waals surface area contributed by atoms with Gasteiger partial charge >= 0.3 is 0 Å². The van der Waals surface area contributed by atoms with E-state index in [1.54, 1.807) is 0 Å². The molecule has 1 aromatic rings. The molecule has 0 aliphatic heterocycles. The van der Waals surface area contributed by atoms with Crippen LogP contribution < -0.4 is 0 Å². The first kappa shape index (κ1) is 13.8. The zero-order chi connectivity index (χ0) is 13.3. The first-order chi connectivity index (χ1) is 7.66. The fourth-order valence-corrected chi connectivity index (χ4v) is 1.87. The second-order valence-corrected chi connectivity index (χ2v) is 6.64. The van der Waals surface area contributed by atoms with Gasteiger partial charge in [0.25, 0.3) is 0 Å². The van der Waals surface area contributed by atoms with E-state index >= 15 is 0 Å². The molecule has 0 bridgehead atoms. The Bertz CT molecular complexity index is 454. The minimum Gasteiger partial charge on any atom is -0.101 e. The maximum atomic E-state index is 3.21. The summed E-state index contributed by atoms with van der Waals surface area (Å²) in [5.74, 6) is 6.22. The first-order valence-electron chi connectivity index (χ1n) is 6.24. The van der Waals surface area contributed by atoms with Crippen LogP contribution in [0.5, 0.6) is 0 Å². The molecule has 0 aromatic heterocycles. The Morgan fingerprint density at radius 2 is 1.47 bits per heavy atom. The van der Waals surface area contributed by atoms with Crippen LogP contribution >= 0.6 is 0 Å². The highest BCUT2D eigenvalue weighted by atomic mass is 14.2. The van der Waals surface area contributed by atoms with Gasteiger partial charge in [-0.25, -0.2) is 0 Å². The summed E-state index contributed by atoms with van der Waals surface area (Å²) in [4.78, 5) is 0. The summed E-state index contributed by atoms with van der Waals surface area (Å²) < 4.78 is 0. The maximum absolute atomic E-state index is 3.21. The average Bonchev–Trinajstić information content (AvgIpc) is 2.15. The summed E-state index contributed by atoms with van der Waals surface area (Å²) in [6.45, 7) is 15.4. The lowest BCUT2D eigenvalue weighted by molar-refractivity contribution is 0.567. The standard InChI is InChI=1S/C17H24/c1-8-9-13-10-11-14(16(2,3)4)12-15(13)17(5,6)7/h10-12H,1-7H3. The lowest BCUT2D eigenvalue weighted by atomic mass is 9.78. The molecule has 1 aromatic carbocycles. The quantitative estimate of drug-likeness (QED) is 0.567. The molecule has 1 rings (SSSR count). The molecule has 0 spiro atoms. The molecule has 0 nitrogen and oxygen atoms in total. The molecule has 0 heteroatoms. The monoisotopic (exact) mass is 228 g/mol. The lowest BCUT2D eigenvalue weighted by Crippen LogP contribution is -2.17. The Kier molecular flexibility index (Phi) is 3.72. The van der Waals surface area contributed by atoms with Crippen molar-refractivity contribution in [2.75, 3.05) is 0 Å². The van der Waals surface area contributed by atoms with Crippen molar-refractivity contribution in [2.24, 2.45) is 0 Å². The maximum Gasteiger partial charge on any atom is 0.0282 e. The Morgan fingerprint density at radius 3 is 1.88 bits per heavy atom. The van der Waals surface area contributed by atoms with Crippen LogP contribution in [0.1, 0.15) is 65.2 Å². The Labute approximate surface area is 106 Å². The fourth-order valence-electron chi connectivity index (χ4n) is 1.87. The summed E-state index contributed by atoms with van der Waals surface area (Å²) in [6.07, 6.45) is 0. The van der Waals surface area contributed by atoms with Crippen molar-refractivity contribution < 1.29 is 0 Å². The van der Waals surface area contributed by atoms with E-state index in [9.17, 15) is 0 Å². The second-order valence-electron chi connectivity index (χ2n) is 6.64. The van der Waals surface area contributed by atoms with Crippen molar-refractivity contribution in [1.82, 2.24) is 0 Å². The van der Waals surface area contributed by atoms with Crippen LogP contribution in [0, 0.1) is 11.8 Å². The zero-order valence-corrected chi connectivity index (χ0v) is 12.2. The van der Waals surface area contributed by atoms with Crippen LogP contribution in [0.4, 0.5) is 0 Å². The highest BCUT2D eigenvalue weighted by Gasteiger charge is 2.21. The smallest absolute Gasteiger partial charge is 0.0282 e. The van der Waals surface area contributed by atoms with Crippen molar-refractivity contribution in [3.8, 4) is 11.8 Å². The van der Waals surface area contributed by atoms with Crippen molar-refractivity contribution in [2.45, 2.75) is 59.3 Å². The Hall–Kier alpha value is -1.22. The van der Waals surface area contributed by atoms with Gasteiger partial charge in [0.1, 0.15) is 0 Å². The molecule has 0 aliphatic carbocycles. The largest absolute Gasteiger partial charge is 0.101 e. The SMILES string of the molecule is CC#Cc1ccc(C(C)(C)C)cc1C(C)(C)C. The van der Waals surface area contributed by atoms with Crippen LogP contribution in [-0.4, -0.2) is 0 Å². The van der Waals surface area contributed by atoms with Crippen LogP contribution in [0.25, 0.3) is 0 Å². The second kappa shape index (κ2) is 4.57. The number of hydrogen-bond donors (Lipinski definition) is 0. The van der Waals surface area contributed by atoms with Crippen molar-refractivity contribution in [3.05, 3.63) is 34.9 Å². The molecule has 0 aliphatic rings. The van der Waals surface area contributed by atoms with E-state index < -0.39 is 0 Å². The van der Waals surface area contributed by atoms with Crippen LogP contribution in [-0.2, 0) is 10.8 Å². The molecule has 0 fully saturated rings. The molecule has 0 atom stereocenters. The van der Waals surface area contributed by atoms with Gasteiger partial charge in [-0.05, 0) is 34.9 Å². The fraction of sp³-hybridized carbons (Fsp3) is 0.529. The number of hydrogen-bond acceptors (Lipinski definition) is 0. The van der Waals surface area contributed by atoms with Gasteiger partial charge in [-0.3, -0.25) is 0 Å². The van der Waals surface area contributed by atoms with Gasteiger partial charge in [0.05, 0.1) is 0 Å². The van der Waals surface area contributed by atoms with E-state index in [0.717, 1.165) is 5.56 Å². The molecule has 0 unspecified atom stereocenters. The van der Waals surface area contributed by atoms with Gasteiger partial charge in [-0.1, -0.05) is 59.6 Å². The minimum absolute atomic E-state index is 0.139. The topological polar surface area (TPSA) is 0 Å². The highest BCUT2D eigenvalue weighted by Crippen LogP contribution is 2.31. The Balaban J connectivity index is 3.44.